The summed E-state index contributed by atoms with van der Waals surface area (Å²) in [5.74, 6) is 3.77. The predicted molar refractivity (Wildman–Crippen MR) is 66.4 cm³/mol. The second-order valence-electron chi connectivity index (χ2n) is 5.00. The minimum Gasteiger partial charge on any atom is -0.464 e. The Labute approximate surface area is 98.4 Å². The van der Waals surface area contributed by atoms with E-state index in [9.17, 15) is 0 Å². The largest absolute Gasteiger partial charge is 0.464 e. The van der Waals surface area contributed by atoms with Crippen LogP contribution in [0.2, 0.25) is 0 Å². The number of nitrogens with one attached hydrogen (secondary N) is 1. The summed E-state index contributed by atoms with van der Waals surface area (Å²) in [6.07, 6.45) is 5.04. The molecule has 3 unspecified atom stereocenters. The van der Waals surface area contributed by atoms with E-state index in [-0.39, 0.29) is 0 Å². The van der Waals surface area contributed by atoms with Crippen LogP contribution in [0.15, 0.2) is 16.5 Å². The van der Waals surface area contributed by atoms with E-state index in [1.807, 2.05) is 7.05 Å². The molecule has 1 fully saturated rings. The lowest BCUT2D eigenvalue weighted by Gasteiger charge is -2.24. The zero-order valence-corrected chi connectivity index (χ0v) is 10.6. The highest BCUT2D eigenvalue weighted by molar-refractivity contribution is 5.12. The molecule has 0 aliphatic heterocycles. The van der Waals surface area contributed by atoms with Crippen LogP contribution in [-0.4, -0.2) is 7.05 Å². The highest BCUT2D eigenvalue weighted by atomic mass is 16.3. The first-order valence-corrected chi connectivity index (χ1v) is 6.52. The second-order valence-corrected chi connectivity index (χ2v) is 5.00. The first-order chi connectivity index (χ1) is 7.76. The molecule has 0 bridgehead atoms. The van der Waals surface area contributed by atoms with Crippen molar-refractivity contribution in [1.82, 2.24) is 5.32 Å². The lowest BCUT2D eigenvalue weighted by Crippen LogP contribution is -2.26. The minimum absolute atomic E-state index is 0.401. The molecule has 0 aromatic carbocycles. The lowest BCUT2D eigenvalue weighted by molar-refractivity contribution is 0.273. The number of hydrogen-bond acceptors (Lipinski definition) is 2. The molecule has 90 valence electrons. The van der Waals surface area contributed by atoms with Gasteiger partial charge in [-0.05, 0) is 37.4 Å². The van der Waals surface area contributed by atoms with Crippen LogP contribution >= 0.6 is 0 Å². The SMILES string of the molecule is CCc1ccc(C(NC)C2CCCC2C)o1. The Morgan fingerprint density at radius 2 is 2.25 bits per heavy atom. The van der Waals surface area contributed by atoms with E-state index in [1.54, 1.807) is 0 Å². The van der Waals surface area contributed by atoms with Crippen LogP contribution in [0.4, 0.5) is 0 Å². The van der Waals surface area contributed by atoms with Gasteiger partial charge in [0.05, 0.1) is 6.04 Å². The Kier molecular flexibility index (Phi) is 3.70. The van der Waals surface area contributed by atoms with Crippen molar-refractivity contribution in [3.63, 3.8) is 0 Å². The van der Waals surface area contributed by atoms with E-state index < -0.39 is 0 Å². The highest BCUT2D eigenvalue weighted by Gasteiger charge is 2.32. The maximum Gasteiger partial charge on any atom is 0.121 e. The van der Waals surface area contributed by atoms with Gasteiger partial charge in [0, 0.05) is 6.42 Å². The summed E-state index contributed by atoms with van der Waals surface area (Å²) >= 11 is 0. The van der Waals surface area contributed by atoms with Crippen LogP contribution in [0.1, 0.15) is 50.7 Å². The number of aryl methyl sites for hydroxylation is 1. The molecule has 3 atom stereocenters. The zero-order chi connectivity index (χ0) is 11.5. The first kappa shape index (κ1) is 11.7. The Balaban J connectivity index is 2.15. The van der Waals surface area contributed by atoms with Crippen molar-refractivity contribution in [3.8, 4) is 0 Å². The third-order valence-electron chi connectivity index (χ3n) is 4.00. The quantitative estimate of drug-likeness (QED) is 0.841. The van der Waals surface area contributed by atoms with Crippen LogP contribution in [0.5, 0.6) is 0 Å². The standard InChI is InChI=1S/C14H23NO/c1-4-11-8-9-13(16-11)14(15-3)12-7-5-6-10(12)2/h8-10,12,14-15H,4-7H2,1-3H3. The summed E-state index contributed by atoms with van der Waals surface area (Å²) in [5, 5.41) is 3.43. The van der Waals surface area contributed by atoms with Gasteiger partial charge in [0.2, 0.25) is 0 Å². The molecule has 2 heteroatoms. The van der Waals surface area contributed by atoms with Gasteiger partial charge < -0.3 is 9.73 Å². The van der Waals surface area contributed by atoms with Gasteiger partial charge >= 0.3 is 0 Å². The molecule has 1 saturated carbocycles. The normalized spacial score (nSPS) is 27.2. The van der Waals surface area contributed by atoms with Crippen molar-refractivity contribution < 1.29 is 4.42 Å². The number of furan rings is 1. The summed E-state index contributed by atoms with van der Waals surface area (Å²) < 4.78 is 5.88. The maximum absolute atomic E-state index is 5.88. The van der Waals surface area contributed by atoms with Crippen LogP contribution < -0.4 is 5.32 Å². The first-order valence-electron chi connectivity index (χ1n) is 6.52. The fourth-order valence-electron chi connectivity index (χ4n) is 2.99. The molecule has 0 saturated heterocycles. The van der Waals surface area contributed by atoms with E-state index in [1.165, 1.54) is 19.3 Å². The zero-order valence-electron chi connectivity index (χ0n) is 10.6. The van der Waals surface area contributed by atoms with Crippen LogP contribution in [0.25, 0.3) is 0 Å². The Morgan fingerprint density at radius 3 is 2.75 bits per heavy atom. The number of rotatable bonds is 4. The molecule has 0 spiro atoms. The van der Waals surface area contributed by atoms with Crippen LogP contribution in [0.3, 0.4) is 0 Å². The summed E-state index contributed by atoms with van der Waals surface area (Å²) in [6.45, 7) is 4.50. The van der Waals surface area contributed by atoms with Gasteiger partial charge in [-0.2, -0.15) is 0 Å². The van der Waals surface area contributed by atoms with E-state index in [0.29, 0.717) is 6.04 Å². The molecule has 1 aromatic rings. The molecule has 0 amide bonds. The maximum atomic E-state index is 5.88. The average molecular weight is 221 g/mol. The summed E-state index contributed by atoms with van der Waals surface area (Å²) in [7, 11) is 2.05. The molecular weight excluding hydrogens is 198 g/mol. The van der Waals surface area contributed by atoms with E-state index >= 15 is 0 Å². The van der Waals surface area contributed by atoms with Crippen molar-refractivity contribution in [2.24, 2.45) is 11.8 Å². The molecule has 1 aliphatic carbocycles. The molecule has 1 N–H and O–H groups in total. The van der Waals surface area contributed by atoms with Gasteiger partial charge in [0.15, 0.2) is 0 Å². The fourth-order valence-corrected chi connectivity index (χ4v) is 2.99. The van der Waals surface area contributed by atoms with Gasteiger partial charge in [-0.3, -0.25) is 0 Å². The topological polar surface area (TPSA) is 25.2 Å². The summed E-state index contributed by atoms with van der Waals surface area (Å²) in [4.78, 5) is 0. The third-order valence-corrected chi connectivity index (χ3v) is 4.00. The van der Waals surface area contributed by atoms with Gasteiger partial charge in [0.25, 0.3) is 0 Å². The molecular formula is C14H23NO. The monoisotopic (exact) mass is 221 g/mol. The second kappa shape index (κ2) is 5.05. The van der Waals surface area contributed by atoms with Gasteiger partial charge in [0.1, 0.15) is 11.5 Å². The minimum atomic E-state index is 0.401. The molecule has 16 heavy (non-hydrogen) atoms. The fraction of sp³-hybridized carbons (Fsp3) is 0.714. The molecule has 2 nitrogen and oxygen atoms in total. The van der Waals surface area contributed by atoms with Crippen molar-refractivity contribution in [2.45, 2.75) is 45.6 Å². The van der Waals surface area contributed by atoms with E-state index in [4.69, 9.17) is 4.42 Å². The van der Waals surface area contributed by atoms with Crippen molar-refractivity contribution in [3.05, 3.63) is 23.7 Å². The van der Waals surface area contributed by atoms with E-state index in [2.05, 4.69) is 31.3 Å². The molecule has 1 aliphatic rings. The van der Waals surface area contributed by atoms with Gasteiger partial charge in [-0.25, -0.2) is 0 Å². The average Bonchev–Trinajstić information content (AvgIpc) is 2.90. The molecule has 2 rings (SSSR count). The lowest BCUT2D eigenvalue weighted by atomic mass is 9.89. The molecule has 1 heterocycles. The third kappa shape index (κ3) is 2.17. The van der Waals surface area contributed by atoms with Crippen LogP contribution in [-0.2, 0) is 6.42 Å². The summed E-state index contributed by atoms with van der Waals surface area (Å²) in [6, 6.07) is 4.66. The van der Waals surface area contributed by atoms with Crippen LogP contribution in [0, 0.1) is 11.8 Å². The molecule has 1 aromatic heterocycles. The van der Waals surface area contributed by atoms with Gasteiger partial charge in [-0.1, -0.05) is 26.7 Å². The smallest absolute Gasteiger partial charge is 0.121 e. The van der Waals surface area contributed by atoms with E-state index in [0.717, 1.165) is 29.8 Å². The van der Waals surface area contributed by atoms with Crippen molar-refractivity contribution in [2.75, 3.05) is 7.05 Å². The van der Waals surface area contributed by atoms with Gasteiger partial charge in [-0.15, -0.1) is 0 Å². The Hall–Kier alpha value is -0.760. The summed E-state index contributed by atoms with van der Waals surface area (Å²) in [5.41, 5.74) is 0. The highest BCUT2D eigenvalue weighted by Crippen LogP contribution is 2.40. The molecule has 0 radical (unpaired) electrons. The number of hydrogen-bond donors (Lipinski definition) is 1. The Morgan fingerprint density at radius 1 is 1.44 bits per heavy atom. The van der Waals surface area contributed by atoms with Crippen molar-refractivity contribution in [1.29, 1.82) is 0 Å². The Bertz CT molecular complexity index is 331. The van der Waals surface area contributed by atoms with Crippen molar-refractivity contribution >= 4 is 0 Å². The predicted octanol–water partition coefficient (Wildman–Crippen LogP) is 3.54.